The fraction of sp³-hybridized carbons (Fsp3) is 0.357. The van der Waals surface area contributed by atoms with Crippen LogP contribution in [0.3, 0.4) is 0 Å². The SMILES string of the molecule is CCCC(Cc1ccc(C(Cl)(c2ccccc2)c2ccccc2Cl)cc1)[C@H](C)CC. The summed E-state index contributed by atoms with van der Waals surface area (Å²) >= 11 is 14.0. The molecule has 0 aliphatic rings. The standard InChI is InChI=1S/C28H32Cl2/c1-4-11-23(21(3)5-2)20-22-16-18-25(19-17-22)28(30,24-12-7-6-8-13-24)26-14-9-10-15-27(26)29/h6-10,12-19,21,23H,4-5,11,20H2,1-3H3/t21-,23?,28?/m1/s1. The molecule has 0 bridgehead atoms. The molecule has 3 aromatic carbocycles. The van der Waals surface area contributed by atoms with Crippen molar-refractivity contribution >= 4 is 23.2 Å². The Morgan fingerprint density at radius 1 is 0.800 bits per heavy atom. The molecule has 0 saturated heterocycles. The molecule has 30 heavy (non-hydrogen) atoms. The number of alkyl halides is 1. The zero-order valence-electron chi connectivity index (χ0n) is 18.2. The third-order valence-corrected chi connectivity index (χ3v) is 7.34. The lowest BCUT2D eigenvalue weighted by atomic mass is 9.81. The van der Waals surface area contributed by atoms with Crippen molar-refractivity contribution in [3.05, 3.63) is 106 Å². The second kappa shape index (κ2) is 10.5. The van der Waals surface area contributed by atoms with Crippen molar-refractivity contribution in [2.45, 2.75) is 51.3 Å². The molecule has 2 unspecified atom stereocenters. The highest BCUT2D eigenvalue weighted by atomic mass is 35.5. The van der Waals surface area contributed by atoms with E-state index in [0.29, 0.717) is 5.02 Å². The average Bonchev–Trinajstić information content (AvgIpc) is 2.79. The monoisotopic (exact) mass is 438 g/mol. The minimum Gasteiger partial charge on any atom is -0.103 e. The van der Waals surface area contributed by atoms with Gasteiger partial charge in [0.1, 0.15) is 4.87 Å². The van der Waals surface area contributed by atoms with Crippen molar-refractivity contribution in [2.24, 2.45) is 11.8 Å². The fourth-order valence-corrected chi connectivity index (χ4v) is 5.09. The van der Waals surface area contributed by atoms with Gasteiger partial charge in [-0.2, -0.15) is 0 Å². The fourth-order valence-electron chi connectivity index (χ4n) is 4.35. The number of benzene rings is 3. The van der Waals surface area contributed by atoms with Crippen LogP contribution in [0.15, 0.2) is 78.9 Å². The molecule has 0 fully saturated rings. The second-order valence-electron chi connectivity index (χ2n) is 8.34. The molecule has 158 valence electrons. The second-order valence-corrected chi connectivity index (χ2v) is 9.31. The van der Waals surface area contributed by atoms with Gasteiger partial charge in [-0.05, 0) is 41.0 Å². The molecule has 0 radical (unpaired) electrons. The summed E-state index contributed by atoms with van der Waals surface area (Å²) in [6, 6.07) is 26.9. The van der Waals surface area contributed by atoms with E-state index in [4.69, 9.17) is 23.2 Å². The summed E-state index contributed by atoms with van der Waals surface area (Å²) in [4.78, 5) is -0.822. The topological polar surface area (TPSA) is 0 Å². The van der Waals surface area contributed by atoms with Gasteiger partial charge >= 0.3 is 0 Å². The largest absolute Gasteiger partial charge is 0.121 e. The summed E-state index contributed by atoms with van der Waals surface area (Å²) in [5.74, 6) is 1.47. The normalized spacial score (nSPS) is 15.4. The molecule has 0 amide bonds. The van der Waals surface area contributed by atoms with E-state index in [-0.39, 0.29) is 0 Å². The first-order valence-corrected chi connectivity index (χ1v) is 11.8. The van der Waals surface area contributed by atoms with Crippen LogP contribution in [0.4, 0.5) is 0 Å². The van der Waals surface area contributed by atoms with E-state index in [0.717, 1.165) is 34.9 Å². The number of hydrogen-bond acceptors (Lipinski definition) is 0. The zero-order chi connectivity index (χ0) is 21.6. The third-order valence-electron chi connectivity index (χ3n) is 6.37. The first-order chi connectivity index (χ1) is 14.5. The minimum atomic E-state index is -0.822. The minimum absolute atomic E-state index is 0.681. The van der Waals surface area contributed by atoms with Gasteiger partial charge in [-0.1, -0.05) is 124 Å². The van der Waals surface area contributed by atoms with Gasteiger partial charge in [-0.3, -0.25) is 0 Å². The van der Waals surface area contributed by atoms with E-state index in [2.05, 4.69) is 57.2 Å². The van der Waals surface area contributed by atoms with Gasteiger partial charge < -0.3 is 0 Å². The molecule has 3 rings (SSSR count). The summed E-state index contributed by atoms with van der Waals surface area (Å²) in [5.41, 5.74) is 4.36. The van der Waals surface area contributed by atoms with Crippen molar-refractivity contribution in [1.82, 2.24) is 0 Å². The maximum Gasteiger partial charge on any atom is 0.121 e. The molecule has 0 aromatic heterocycles. The Morgan fingerprint density at radius 2 is 1.40 bits per heavy atom. The van der Waals surface area contributed by atoms with Crippen molar-refractivity contribution in [3.63, 3.8) is 0 Å². The molecule has 0 aliphatic heterocycles. The predicted molar refractivity (Wildman–Crippen MR) is 132 cm³/mol. The molecule has 0 aliphatic carbocycles. The van der Waals surface area contributed by atoms with E-state index in [1.807, 2.05) is 42.5 Å². The molecule has 0 spiro atoms. The molecule has 3 atom stereocenters. The highest BCUT2D eigenvalue weighted by Gasteiger charge is 2.35. The third kappa shape index (κ3) is 4.93. The smallest absolute Gasteiger partial charge is 0.103 e. The Morgan fingerprint density at radius 3 is 2.00 bits per heavy atom. The van der Waals surface area contributed by atoms with Gasteiger partial charge in [0.25, 0.3) is 0 Å². The zero-order valence-corrected chi connectivity index (χ0v) is 19.8. The summed E-state index contributed by atoms with van der Waals surface area (Å²) in [5, 5.41) is 0.681. The molecule has 0 N–H and O–H groups in total. The molecular formula is C28H32Cl2. The Bertz CT molecular complexity index is 917. The van der Waals surface area contributed by atoms with Crippen molar-refractivity contribution < 1.29 is 0 Å². The van der Waals surface area contributed by atoms with Gasteiger partial charge in [-0.25, -0.2) is 0 Å². The van der Waals surface area contributed by atoms with Crippen LogP contribution in [-0.2, 0) is 11.3 Å². The maximum absolute atomic E-state index is 7.42. The maximum atomic E-state index is 7.42. The molecule has 0 nitrogen and oxygen atoms in total. The first kappa shape index (κ1) is 22.9. The highest BCUT2D eigenvalue weighted by Crippen LogP contribution is 2.45. The number of halogens is 2. The lowest BCUT2D eigenvalue weighted by molar-refractivity contribution is 0.322. The van der Waals surface area contributed by atoms with Crippen molar-refractivity contribution in [1.29, 1.82) is 0 Å². The Balaban J connectivity index is 1.99. The molecule has 3 aromatic rings. The van der Waals surface area contributed by atoms with Crippen LogP contribution in [-0.4, -0.2) is 0 Å². The van der Waals surface area contributed by atoms with E-state index in [1.165, 1.54) is 24.8 Å². The van der Waals surface area contributed by atoms with Gasteiger partial charge in [0.05, 0.1) is 0 Å². The van der Waals surface area contributed by atoms with Crippen LogP contribution in [0.25, 0.3) is 0 Å². The van der Waals surface area contributed by atoms with Crippen LogP contribution in [0.1, 0.15) is 62.3 Å². The Hall–Kier alpha value is -1.76. The van der Waals surface area contributed by atoms with E-state index in [9.17, 15) is 0 Å². The Kier molecular flexibility index (Phi) is 8.03. The van der Waals surface area contributed by atoms with E-state index < -0.39 is 4.87 Å². The Labute approximate surface area is 192 Å². The quantitative estimate of drug-likeness (QED) is 0.231. The van der Waals surface area contributed by atoms with Crippen LogP contribution >= 0.6 is 23.2 Å². The highest BCUT2D eigenvalue weighted by molar-refractivity contribution is 6.34. The lowest BCUT2D eigenvalue weighted by Crippen LogP contribution is -2.23. The average molecular weight is 439 g/mol. The van der Waals surface area contributed by atoms with Crippen LogP contribution in [0, 0.1) is 11.8 Å². The van der Waals surface area contributed by atoms with Gasteiger partial charge in [0, 0.05) is 10.6 Å². The van der Waals surface area contributed by atoms with E-state index in [1.54, 1.807) is 0 Å². The van der Waals surface area contributed by atoms with Crippen LogP contribution < -0.4 is 0 Å². The van der Waals surface area contributed by atoms with E-state index >= 15 is 0 Å². The van der Waals surface area contributed by atoms with Gasteiger partial charge in [-0.15, -0.1) is 11.6 Å². The van der Waals surface area contributed by atoms with Crippen molar-refractivity contribution in [2.75, 3.05) is 0 Å². The molecule has 0 saturated carbocycles. The predicted octanol–water partition coefficient (Wildman–Crippen LogP) is 8.88. The van der Waals surface area contributed by atoms with Gasteiger partial charge in [0.2, 0.25) is 0 Å². The number of hydrogen-bond donors (Lipinski definition) is 0. The summed E-state index contributed by atoms with van der Waals surface area (Å²) in [6.07, 6.45) is 4.86. The molecular weight excluding hydrogens is 407 g/mol. The van der Waals surface area contributed by atoms with Crippen LogP contribution in [0.5, 0.6) is 0 Å². The van der Waals surface area contributed by atoms with Crippen LogP contribution in [0.2, 0.25) is 5.02 Å². The lowest BCUT2D eigenvalue weighted by Gasteiger charge is -2.30. The summed E-state index contributed by atoms with van der Waals surface area (Å²) in [7, 11) is 0. The molecule has 2 heteroatoms. The number of rotatable bonds is 9. The molecule has 0 heterocycles. The van der Waals surface area contributed by atoms with Crippen molar-refractivity contribution in [3.8, 4) is 0 Å². The summed E-state index contributed by atoms with van der Waals surface area (Å²) in [6.45, 7) is 6.96. The van der Waals surface area contributed by atoms with Gasteiger partial charge in [0.15, 0.2) is 0 Å². The first-order valence-electron chi connectivity index (χ1n) is 11.1. The summed E-state index contributed by atoms with van der Waals surface area (Å²) < 4.78 is 0.